The third-order valence-corrected chi connectivity index (χ3v) is 6.92. The van der Waals surface area contributed by atoms with Crippen LogP contribution in [0.3, 0.4) is 0 Å². The van der Waals surface area contributed by atoms with E-state index in [1.807, 2.05) is 42.3 Å². The molecule has 170 valence electrons. The van der Waals surface area contributed by atoms with E-state index in [4.69, 9.17) is 4.42 Å². The Hall–Kier alpha value is -3.45. The summed E-state index contributed by atoms with van der Waals surface area (Å²) in [7, 11) is 3.99. The monoisotopic (exact) mass is 444 g/mol. The van der Waals surface area contributed by atoms with Gasteiger partial charge in [-0.15, -0.1) is 0 Å². The molecule has 1 aliphatic heterocycles. The summed E-state index contributed by atoms with van der Waals surface area (Å²) in [6.07, 6.45) is 6.92. The molecule has 3 aromatic rings. The van der Waals surface area contributed by atoms with Crippen molar-refractivity contribution < 1.29 is 14.4 Å². The molecule has 1 N–H and O–H groups in total. The number of carbonyl (C=O) groups is 1. The standard InChI is InChI=1S/C26H28N4O3/c1-29-13-9-20(10-14-29)30(2)26(31)24-16-22(25(33-24)17-7-11-27-12-8-17)19-3-5-21-18(15-19)4-6-23(21)28-32/h3,5,7-8,11-12,15-16,20,32H,4,6,9-10,13-14H2,1-2H3/b28-23+. The Kier molecular flexibility index (Phi) is 5.72. The fourth-order valence-electron chi connectivity index (χ4n) is 4.89. The van der Waals surface area contributed by atoms with E-state index in [0.717, 1.165) is 66.6 Å². The molecule has 1 aromatic carbocycles. The predicted octanol–water partition coefficient (Wildman–Crippen LogP) is 4.30. The van der Waals surface area contributed by atoms with Gasteiger partial charge in [-0.3, -0.25) is 9.78 Å². The van der Waals surface area contributed by atoms with Crippen molar-refractivity contribution in [2.24, 2.45) is 5.16 Å². The van der Waals surface area contributed by atoms with E-state index >= 15 is 0 Å². The Labute approximate surface area is 193 Å². The van der Waals surface area contributed by atoms with Gasteiger partial charge in [0, 0.05) is 42.2 Å². The fourth-order valence-corrected chi connectivity index (χ4v) is 4.89. The van der Waals surface area contributed by atoms with E-state index in [2.05, 4.69) is 28.2 Å². The van der Waals surface area contributed by atoms with E-state index < -0.39 is 0 Å². The molecule has 7 nitrogen and oxygen atoms in total. The van der Waals surface area contributed by atoms with Crippen molar-refractivity contribution in [1.29, 1.82) is 0 Å². The van der Waals surface area contributed by atoms with Crippen molar-refractivity contribution in [2.45, 2.75) is 31.7 Å². The summed E-state index contributed by atoms with van der Waals surface area (Å²) in [5.41, 5.74) is 5.56. The van der Waals surface area contributed by atoms with Crippen LogP contribution in [0.25, 0.3) is 22.5 Å². The van der Waals surface area contributed by atoms with E-state index in [0.29, 0.717) is 17.2 Å². The number of piperidine rings is 1. The van der Waals surface area contributed by atoms with Crippen LogP contribution in [-0.4, -0.2) is 64.8 Å². The SMILES string of the molecule is CN1CCC(N(C)C(=O)c2cc(-c3ccc4c(c3)CC/C4=N\O)c(-c3ccncc3)o2)CC1. The van der Waals surface area contributed by atoms with Crippen molar-refractivity contribution in [3.63, 3.8) is 0 Å². The van der Waals surface area contributed by atoms with Gasteiger partial charge < -0.3 is 19.4 Å². The lowest BCUT2D eigenvalue weighted by atomic mass is 9.98. The van der Waals surface area contributed by atoms with Gasteiger partial charge in [0.05, 0.1) is 5.71 Å². The van der Waals surface area contributed by atoms with Gasteiger partial charge in [-0.25, -0.2) is 0 Å². The van der Waals surface area contributed by atoms with Gasteiger partial charge in [-0.05, 0) is 75.1 Å². The Bertz CT molecular complexity index is 1190. The number of fused-ring (bicyclic) bond motifs is 1. The number of oxime groups is 1. The first-order valence-corrected chi connectivity index (χ1v) is 11.4. The zero-order valence-electron chi connectivity index (χ0n) is 19.0. The number of hydrogen-bond acceptors (Lipinski definition) is 6. The normalized spacial score (nSPS) is 17.9. The number of likely N-dealkylation sites (tertiary alicyclic amines) is 1. The van der Waals surface area contributed by atoms with Gasteiger partial charge >= 0.3 is 0 Å². The van der Waals surface area contributed by atoms with Crippen molar-refractivity contribution in [1.82, 2.24) is 14.8 Å². The third-order valence-electron chi connectivity index (χ3n) is 6.92. The molecule has 3 heterocycles. The fraction of sp³-hybridized carbons (Fsp3) is 0.346. The van der Waals surface area contributed by atoms with E-state index in [-0.39, 0.29) is 11.9 Å². The molecule has 5 rings (SSSR count). The van der Waals surface area contributed by atoms with Crippen LogP contribution in [0.5, 0.6) is 0 Å². The molecule has 1 saturated heterocycles. The van der Waals surface area contributed by atoms with Gasteiger partial charge in [-0.1, -0.05) is 23.4 Å². The van der Waals surface area contributed by atoms with Crippen molar-refractivity contribution >= 4 is 11.6 Å². The molecule has 2 aromatic heterocycles. The number of benzene rings is 1. The summed E-state index contributed by atoms with van der Waals surface area (Å²) in [5, 5.41) is 12.7. The van der Waals surface area contributed by atoms with E-state index in [1.165, 1.54) is 0 Å². The number of aromatic nitrogens is 1. The highest BCUT2D eigenvalue weighted by Gasteiger charge is 2.28. The molecular formula is C26H28N4O3. The molecule has 1 fully saturated rings. The lowest BCUT2D eigenvalue weighted by Gasteiger charge is -2.34. The minimum atomic E-state index is -0.0954. The van der Waals surface area contributed by atoms with Crippen molar-refractivity contribution in [3.8, 4) is 22.5 Å². The molecule has 0 atom stereocenters. The number of pyridine rings is 1. The Balaban J connectivity index is 1.52. The zero-order chi connectivity index (χ0) is 22.9. The van der Waals surface area contributed by atoms with Gasteiger partial charge in [0.1, 0.15) is 5.76 Å². The smallest absolute Gasteiger partial charge is 0.289 e. The minimum Gasteiger partial charge on any atom is -0.450 e. The highest BCUT2D eigenvalue weighted by molar-refractivity contribution is 6.05. The molecule has 7 heteroatoms. The van der Waals surface area contributed by atoms with Crippen LogP contribution in [0.4, 0.5) is 0 Å². The molecular weight excluding hydrogens is 416 g/mol. The second-order valence-electron chi connectivity index (χ2n) is 8.96. The van der Waals surface area contributed by atoms with Crippen LogP contribution in [-0.2, 0) is 6.42 Å². The number of hydrogen-bond donors (Lipinski definition) is 1. The van der Waals surface area contributed by atoms with E-state index in [1.54, 1.807) is 12.4 Å². The molecule has 0 unspecified atom stereocenters. The maximum atomic E-state index is 13.4. The van der Waals surface area contributed by atoms with Crippen molar-refractivity contribution in [2.75, 3.05) is 27.2 Å². The molecule has 33 heavy (non-hydrogen) atoms. The quantitative estimate of drug-likeness (QED) is 0.479. The number of nitrogens with zero attached hydrogens (tertiary/aromatic N) is 4. The minimum absolute atomic E-state index is 0.0954. The summed E-state index contributed by atoms with van der Waals surface area (Å²) in [4.78, 5) is 21.6. The second kappa shape index (κ2) is 8.83. The Morgan fingerprint density at radius 1 is 1.09 bits per heavy atom. The first-order valence-electron chi connectivity index (χ1n) is 11.4. The lowest BCUT2D eigenvalue weighted by molar-refractivity contribution is 0.0629. The largest absolute Gasteiger partial charge is 0.450 e. The summed E-state index contributed by atoms with van der Waals surface area (Å²) >= 11 is 0. The van der Waals surface area contributed by atoms with Crippen LogP contribution >= 0.6 is 0 Å². The summed E-state index contributed by atoms with van der Waals surface area (Å²) in [5.74, 6) is 0.907. The van der Waals surface area contributed by atoms with Crippen LogP contribution < -0.4 is 0 Å². The average Bonchev–Trinajstić information content (AvgIpc) is 3.48. The van der Waals surface area contributed by atoms with Gasteiger partial charge in [0.25, 0.3) is 5.91 Å². The highest BCUT2D eigenvalue weighted by atomic mass is 16.4. The number of amides is 1. The van der Waals surface area contributed by atoms with Crippen LogP contribution in [0.2, 0.25) is 0 Å². The third kappa shape index (κ3) is 4.04. The summed E-state index contributed by atoms with van der Waals surface area (Å²) < 4.78 is 6.22. The van der Waals surface area contributed by atoms with Crippen molar-refractivity contribution in [3.05, 3.63) is 65.7 Å². The molecule has 1 amide bonds. The summed E-state index contributed by atoms with van der Waals surface area (Å²) in [6, 6.07) is 12.0. The lowest BCUT2D eigenvalue weighted by Crippen LogP contribution is -2.44. The zero-order valence-corrected chi connectivity index (χ0v) is 19.0. The number of rotatable bonds is 4. The Morgan fingerprint density at radius 3 is 2.58 bits per heavy atom. The number of aryl methyl sites for hydroxylation is 1. The maximum Gasteiger partial charge on any atom is 0.289 e. The van der Waals surface area contributed by atoms with Gasteiger partial charge in [0.2, 0.25) is 0 Å². The second-order valence-corrected chi connectivity index (χ2v) is 8.96. The molecule has 2 aliphatic rings. The summed E-state index contributed by atoms with van der Waals surface area (Å²) in [6.45, 7) is 1.98. The molecule has 0 radical (unpaired) electrons. The number of furan rings is 1. The Morgan fingerprint density at radius 2 is 1.85 bits per heavy atom. The first kappa shape index (κ1) is 21.4. The molecule has 0 bridgehead atoms. The van der Waals surface area contributed by atoms with Crippen LogP contribution in [0, 0.1) is 0 Å². The molecule has 0 spiro atoms. The highest BCUT2D eigenvalue weighted by Crippen LogP contribution is 2.37. The number of carbonyl (C=O) groups excluding carboxylic acids is 1. The van der Waals surface area contributed by atoms with Gasteiger partial charge in [-0.2, -0.15) is 0 Å². The maximum absolute atomic E-state index is 13.4. The predicted molar refractivity (Wildman–Crippen MR) is 127 cm³/mol. The average molecular weight is 445 g/mol. The van der Waals surface area contributed by atoms with Crippen LogP contribution in [0.15, 0.2) is 58.4 Å². The molecule has 0 saturated carbocycles. The topological polar surface area (TPSA) is 82.2 Å². The van der Waals surface area contributed by atoms with E-state index in [9.17, 15) is 10.0 Å². The van der Waals surface area contributed by atoms with Gasteiger partial charge in [0.15, 0.2) is 5.76 Å². The molecule has 1 aliphatic carbocycles. The first-order chi connectivity index (χ1) is 16.0. The van der Waals surface area contributed by atoms with Crippen LogP contribution in [0.1, 0.15) is 40.9 Å².